The molecule has 0 spiro atoms. The van der Waals surface area contributed by atoms with Crippen LogP contribution in [0.4, 0.5) is 0 Å². The second-order valence-corrected chi connectivity index (χ2v) is 10.7. The van der Waals surface area contributed by atoms with Gasteiger partial charge in [0.25, 0.3) is 5.91 Å². The van der Waals surface area contributed by atoms with Crippen molar-refractivity contribution in [2.24, 2.45) is 0 Å². The van der Waals surface area contributed by atoms with E-state index in [4.69, 9.17) is 0 Å². The van der Waals surface area contributed by atoms with Crippen LogP contribution >= 0.6 is 0 Å². The first-order valence-corrected chi connectivity index (χ1v) is 15.0. The van der Waals surface area contributed by atoms with Crippen LogP contribution in [0, 0.1) is 0 Å². The van der Waals surface area contributed by atoms with Crippen LogP contribution in [0.3, 0.4) is 0 Å². The smallest absolute Gasteiger partial charge is 0.394 e. The van der Waals surface area contributed by atoms with Gasteiger partial charge in [-0.05, 0) is 47.2 Å². The van der Waals surface area contributed by atoms with E-state index in [0.29, 0.717) is 18.5 Å². The van der Waals surface area contributed by atoms with Gasteiger partial charge < -0.3 is 15.7 Å². The van der Waals surface area contributed by atoms with Crippen molar-refractivity contribution in [1.82, 2.24) is 10.6 Å². The monoisotopic (exact) mass is 556 g/mol. The molecule has 3 aromatic carbocycles. The molecule has 0 aliphatic rings. The summed E-state index contributed by atoms with van der Waals surface area (Å²) in [6.45, 7) is 2.88. The Morgan fingerprint density at radius 2 is 1.32 bits per heavy atom. The molecule has 3 aromatic rings. The van der Waals surface area contributed by atoms with Gasteiger partial charge in [0.05, 0.1) is 6.04 Å². The minimum absolute atomic E-state index is 0.130. The van der Waals surface area contributed by atoms with Crippen molar-refractivity contribution >= 4 is 17.8 Å². The Balaban J connectivity index is 1.53. The molecule has 1 atom stereocenters. The van der Waals surface area contributed by atoms with Crippen LogP contribution in [-0.2, 0) is 16.0 Å². The Bertz CT molecular complexity index is 1220. The number of carbonyl (C=O) groups is 3. The highest BCUT2D eigenvalue weighted by Crippen LogP contribution is 2.24. The summed E-state index contributed by atoms with van der Waals surface area (Å²) in [5.74, 6) is -2.72. The first kappa shape index (κ1) is 31.6. The molecule has 0 saturated heterocycles. The van der Waals surface area contributed by atoms with Gasteiger partial charge >= 0.3 is 11.9 Å². The molecule has 6 nitrogen and oxygen atoms in total. The van der Waals surface area contributed by atoms with E-state index in [-0.39, 0.29) is 5.91 Å². The van der Waals surface area contributed by atoms with Crippen molar-refractivity contribution in [3.8, 4) is 11.1 Å². The van der Waals surface area contributed by atoms with Gasteiger partial charge in [-0.2, -0.15) is 0 Å². The first-order valence-electron chi connectivity index (χ1n) is 15.0. The Morgan fingerprint density at radius 1 is 0.707 bits per heavy atom. The number of carboxylic acids is 1. The topological polar surface area (TPSA) is 95.5 Å². The number of benzene rings is 3. The maximum Gasteiger partial charge on any atom is 0.394 e. The minimum atomic E-state index is -1.53. The lowest BCUT2D eigenvalue weighted by Gasteiger charge is -2.19. The van der Waals surface area contributed by atoms with Gasteiger partial charge in [0.2, 0.25) is 0 Å². The molecular formula is C35H44N2O4. The number of aliphatic carboxylic acids is 1. The maximum absolute atomic E-state index is 12.7. The minimum Gasteiger partial charge on any atom is -0.474 e. The summed E-state index contributed by atoms with van der Waals surface area (Å²) in [5.41, 5.74) is 4.35. The van der Waals surface area contributed by atoms with E-state index in [2.05, 4.69) is 17.6 Å². The number of rotatable bonds is 17. The van der Waals surface area contributed by atoms with Gasteiger partial charge in [-0.1, -0.05) is 131 Å². The molecule has 0 bridgehead atoms. The zero-order valence-corrected chi connectivity index (χ0v) is 24.2. The second kappa shape index (κ2) is 17.7. The van der Waals surface area contributed by atoms with Crippen LogP contribution in [0.15, 0.2) is 78.9 Å². The fourth-order valence-corrected chi connectivity index (χ4v) is 5.00. The maximum atomic E-state index is 12.7. The molecule has 0 fully saturated rings. The van der Waals surface area contributed by atoms with Crippen LogP contribution in [-0.4, -0.2) is 29.4 Å². The highest BCUT2D eigenvalue weighted by molar-refractivity contribution is 6.31. The summed E-state index contributed by atoms with van der Waals surface area (Å²) in [6, 6.07) is 24.4. The predicted octanol–water partition coefficient (Wildman–Crippen LogP) is 7.49. The van der Waals surface area contributed by atoms with E-state index < -0.39 is 17.9 Å². The fourth-order valence-electron chi connectivity index (χ4n) is 5.00. The number of carboxylic acid groups (broad SMARTS) is 1. The number of carbonyl (C=O) groups excluding carboxylic acids is 2. The lowest BCUT2D eigenvalue weighted by molar-refractivity contribution is -0.150. The van der Waals surface area contributed by atoms with E-state index in [0.717, 1.165) is 35.1 Å². The SMILES string of the molecule is CCCCCCCCCCCCNC(=O)c1ccc(C(Cc2cccc(-c3ccccc3)c2)NC(=O)C(=O)O)cc1. The third kappa shape index (κ3) is 11.2. The number of hydrogen-bond donors (Lipinski definition) is 3. The van der Waals surface area contributed by atoms with Gasteiger partial charge in [-0.15, -0.1) is 0 Å². The molecule has 3 rings (SSSR count). The molecular weight excluding hydrogens is 512 g/mol. The van der Waals surface area contributed by atoms with Gasteiger partial charge in [-0.3, -0.25) is 9.59 Å². The average Bonchev–Trinajstić information content (AvgIpc) is 3.00. The van der Waals surface area contributed by atoms with Crippen molar-refractivity contribution in [1.29, 1.82) is 0 Å². The van der Waals surface area contributed by atoms with Gasteiger partial charge in [-0.25, -0.2) is 4.79 Å². The lowest BCUT2D eigenvalue weighted by atomic mass is 9.95. The third-order valence-electron chi connectivity index (χ3n) is 7.36. The highest BCUT2D eigenvalue weighted by atomic mass is 16.4. The molecule has 6 heteroatoms. The summed E-state index contributed by atoms with van der Waals surface area (Å²) < 4.78 is 0. The van der Waals surface area contributed by atoms with Crippen molar-refractivity contribution in [2.75, 3.05) is 6.54 Å². The zero-order chi connectivity index (χ0) is 29.3. The lowest BCUT2D eigenvalue weighted by Crippen LogP contribution is -2.35. The quantitative estimate of drug-likeness (QED) is 0.119. The van der Waals surface area contributed by atoms with Gasteiger partial charge in [0.15, 0.2) is 0 Å². The summed E-state index contributed by atoms with van der Waals surface area (Å²) in [5, 5.41) is 14.8. The first-order chi connectivity index (χ1) is 20.0. The van der Waals surface area contributed by atoms with E-state index in [9.17, 15) is 19.5 Å². The van der Waals surface area contributed by atoms with Crippen LogP contribution in [0.1, 0.15) is 98.7 Å². The van der Waals surface area contributed by atoms with E-state index in [1.807, 2.05) is 54.6 Å². The Kier molecular flexibility index (Phi) is 13.6. The zero-order valence-electron chi connectivity index (χ0n) is 24.2. The van der Waals surface area contributed by atoms with E-state index in [1.165, 1.54) is 51.4 Å². The fraction of sp³-hybridized carbons (Fsp3) is 0.400. The number of amides is 2. The van der Waals surface area contributed by atoms with E-state index >= 15 is 0 Å². The van der Waals surface area contributed by atoms with E-state index in [1.54, 1.807) is 24.3 Å². The number of hydrogen-bond acceptors (Lipinski definition) is 3. The number of unbranched alkanes of at least 4 members (excludes halogenated alkanes) is 9. The summed E-state index contributed by atoms with van der Waals surface area (Å²) in [4.78, 5) is 36.0. The predicted molar refractivity (Wildman–Crippen MR) is 165 cm³/mol. The molecule has 0 aliphatic carbocycles. The summed E-state index contributed by atoms with van der Waals surface area (Å²) >= 11 is 0. The second-order valence-electron chi connectivity index (χ2n) is 10.7. The molecule has 0 saturated carbocycles. The Morgan fingerprint density at radius 3 is 1.95 bits per heavy atom. The summed E-state index contributed by atoms with van der Waals surface area (Å²) in [6.07, 6.45) is 12.9. The van der Waals surface area contributed by atoms with Gasteiger partial charge in [0.1, 0.15) is 0 Å². The molecule has 218 valence electrons. The van der Waals surface area contributed by atoms with Crippen molar-refractivity contribution < 1.29 is 19.5 Å². The standard InChI is InChI=1S/C35H44N2O4/c1-2-3-4-5-6-7-8-9-10-14-24-36-33(38)30-22-20-29(21-23-30)32(37-34(39)35(40)41)26-27-16-15-19-31(25-27)28-17-12-11-13-18-28/h11-13,15-23,25,32H,2-10,14,24,26H2,1H3,(H,36,38)(H,37,39)(H,40,41). The van der Waals surface area contributed by atoms with Crippen LogP contribution in [0.2, 0.25) is 0 Å². The molecule has 2 amide bonds. The largest absolute Gasteiger partial charge is 0.474 e. The molecule has 41 heavy (non-hydrogen) atoms. The Labute approximate surface area is 244 Å². The average molecular weight is 557 g/mol. The summed E-state index contributed by atoms with van der Waals surface area (Å²) in [7, 11) is 0. The molecule has 1 unspecified atom stereocenters. The van der Waals surface area contributed by atoms with Crippen molar-refractivity contribution in [3.63, 3.8) is 0 Å². The van der Waals surface area contributed by atoms with Crippen molar-refractivity contribution in [2.45, 2.75) is 83.6 Å². The van der Waals surface area contributed by atoms with Crippen LogP contribution in [0.25, 0.3) is 11.1 Å². The molecule has 0 heterocycles. The molecule has 0 aromatic heterocycles. The highest BCUT2D eigenvalue weighted by Gasteiger charge is 2.20. The van der Waals surface area contributed by atoms with Crippen LogP contribution in [0.5, 0.6) is 0 Å². The molecule has 0 radical (unpaired) electrons. The normalized spacial score (nSPS) is 11.5. The van der Waals surface area contributed by atoms with Crippen LogP contribution < -0.4 is 10.6 Å². The number of nitrogens with one attached hydrogen (secondary N) is 2. The van der Waals surface area contributed by atoms with Crippen molar-refractivity contribution in [3.05, 3.63) is 95.6 Å². The Hall–Kier alpha value is -3.93. The van der Waals surface area contributed by atoms with Gasteiger partial charge in [0, 0.05) is 12.1 Å². The molecule has 0 aliphatic heterocycles. The third-order valence-corrected chi connectivity index (χ3v) is 7.36. The molecule has 3 N–H and O–H groups in total.